The summed E-state index contributed by atoms with van der Waals surface area (Å²) < 4.78 is 28.3. The third-order valence-corrected chi connectivity index (χ3v) is 7.90. The van der Waals surface area contributed by atoms with E-state index in [4.69, 9.17) is 0 Å². The maximum absolute atomic E-state index is 13.1. The largest absolute Gasteiger partial charge is 0.336 e. The zero-order valence-electron chi connectivity index (χ0n) is 17.0. The zero-order valence-corrected chi connectivity index (χ0v) is 19.4. The van der Waals surface area contributed by atoms with Crippen LogP contribution in [0, 0.1) is 6.92 Å². The van der Waals surface area contributed by atoms with E-state index in [0.717, 1.165) is 32.5 Å². The summed E-state index contributed by atoms with van der Waals surface area (Å²) in [5.74, 6) is -0.138. The molecule has 1 N–H and O–H groups in total. The van der Waals surface area contributed by atoms with Crippen LogP contribution in [0.15, 0.2) is 51.8 Å². The lowest BCUT2D eigenvalue weighted by atomic mass is 10.1. The van der Waals surface area contributed by atoms with Gasteiger partial charge in [0.15, 0.2) is 0 Å². The van der Waals surface area contributed by atoms with Gasteiger partial charge in [-0.15, -0.1) is 0 Å². The Morgan fingerprint density at radius 3 is 2.47 bits per heavy atom. The van der Waals surface area contributed by atoms with E-state index in [2.05, 4.69) is 50.7 Å². The number of sulfonamides is 1. The molecule has 30 heavy (non-hydrogen) atoms. The first-order chi connectivity index (χ1) is 14.3. The van der Waals surface area contributed by atoms with E-state index in [9.17, 15) is 13.2 Å². The van der Waals surface area contributed by atoms with Gasteiger partial charge >= 0.3 is 0 Å². The molecule has 0 bridgehead atoms. The van der Waals surface area contributed by atoms with Crippen molar-refractivity contribution in [3.63, 3.8) is 0 Å². The van der Waals surface area contributed by atoms with Crippen molar-refractivity contribution in [1.29, 1.82) is 0 Å². The summed E-state index contributed by atoms with van der Waals surface area (Å²) in [6.07, 6.45) is 1.74. The molecule has 2 aliphatic rings. The molecule has 0 radical (unpaired) electrons. The fourth-order valence-corrected chi connectivity index (χ4v) is 5.38. The molecule has 4 rings (SSSR count). The Hall–Kier alpha value is -1.74. The molecule has 1 amide bonds. The smallest absolute Gasteiger partial charge is 0.255 e. The number of hydrogen-bond donors (Lipinski definition) is 1. The Kier molecular flexibility index (Phi) is 6.29. The van der Waals surface area contributed by atoms with Crippen molar-refractivity contribution in [1.82, 2.24) is 14.5 Å². The third-order valence-electron chi connectivity index (χ3n) is 5.69. The molecule has 8 heteroatoms. The van der Waals surface area contributed by atoms with Gasteiger partial charge in [0.05, 0.1) is 10.5 Å². The van der Waals surface area contributed by atoms with Gasteiger partial charge in [-0.3, -0.25) is 9.69 Å². The molecule has 1 aliphatic heterocycles. The van der Waals surface area contributed by atoms with Crippen LogP contribution >= 0.6 is 15.9 Å². The Balaban J connectivity index is 1.42. The Labute approximate surface area is 186 Å². The molecular weight excluding hydrogens is 466 g/mol. The lowest BCUT2D eigenvalue weighted by molar-refractivity contribution is 0.0627. The minimum Gasteiger partial charge on any atom is -0.336 e. The molecule has 1 saturated carbocycles. The number of nitrogens with one attached hydrogen (secondary N) is 1. The summed E-state index contributed by atoms with van der Waals surface area (Å²) in [4.78, 5) is 17.4. The fourth-order valence-electron chi connectivity index (χ4n) is 3.63. The highest BCUT2D eigenvalue weighted by molar-refractivity contribution is 9.10. The van der Waals surface area contributed by atoms with E-state index in [-0.39, 0.29) is 16.8 Å². The lowest BCUT2D eigenvalue weighted by Crippen LogP contribution is -2.48. The number of halogens is 1. The summed E-state index contributed by atoms with van der Waals surface area (Å²) >= 11 is 3.42. The molecule has 0 unspecified atom stereocenters. The van der Waals surface area contributed by atoms with Crippen LogP contribution in [0.4, 0.5) is 0 Å². The van der Waals surface area contributed by atoms with Crippen LogP contribution in [-0.2, 0) is 16.6 Å². The monoisotopic (exact) mass is 491 g/mol. The first kappa shape index (κ1) is 21.5. The van der Waals surface area contributed by atoms with Gasteiger partial charge in [0.2, 0.25) is 10.0 Å². The van der Waals surface area contributed by atoms with Gasteiger partial charge in [-0.05, 0) is 65.0 Å². The van der Waals surface area contributed by atoms with E-state index in [1.165, 1.54) is 23.3 Å². The predicted molar refractivity (Wildman–Crippen MR) is 120 cm³/mol. The van der Waals surface area contributed by atoms with Gasteiger partial charge in [-0.1, -0.05) is 24.3 Å². The van der Waals surface area contributed by atoms with E-state index in [1.54, 1.807) is 11.0 Å². The summed E-state index contributed by atoms with van der Waals surface area (Å²) in [5.41, 5.74) is 2.97. The average Bonchev–Trinajstić information content (AvgIpc) is 3.53. The second kappa shape index (κ2) is 8.78. The summed E-state index contributed by atoms with van der Waals surface area (Å²) in [6.45, 7) is 5.81. The van der Waals surface area contributed by atoms with Crippen LogP contribution in [0.3, 0.4) is 0 Å². The number of amides is 1. The average molecular weight is 492 g/mol. The van der Waals surface area contributed by atoms with Crippen LogP contribution in [0.2, 0.25) is 0 Å². The second-order valence-corrected chi connectivity index (χ2v) is 10.6. The number of benzene rings is 2. The van der Waals surface area contributed by atoms with Gasteiger partial charge < -0.3 is 4.90 Å². The number of nitrogens with zero attached hydrogens (tertiary/aromatic N) is 2. The maximum Gasteiger partial charge on any atom is 0.255 e. The standard InChI is InChI=1S/C22H26BrN3O3S/c1-16-4-2-3-5-17(16)15-25-10-12-26(13-11-25)22(27)20-14-19(8-9-21(20)23)30(28,29)24-18-6-7-18/h2-5,8-9,14,18,24H,6-7,10-13,15H2,1H3. The van der Waals surface area contributed by atoms with Crippen molar-refractivity contribution in [2.45, 2.75) is 37.2 Å². The predicted octanol–water partition coefficient (Wildman–Crippen LogP) is 3.16. The summed E-state index contributed by atoms with van der Waals surface area (Å²) in [7, 11) is -3.60. The van der Waals surface area contributed by atoms with Gasteiger partial charge in [0.1, 0.15) is 0 Å². The van der Waals surface area contributed by atoms with Crippen LogP contribution in [0.5, 0.6) is 0 Å². The Morgan fingerprint density at radius 1 is 1.10 bits per heavy atom. The normalized spacial score (nSPS) is 17.9. The van der Waals surface area contributed by atoms with Gasteiger partial charge in [-0.25, -0.2) is 13.1 Å². The van der Waals surface area contributed by atoms with E-state index in [0.29, 0.717) is 23.1 Å². The van der Waals surface area contributed by atoms with Gasteiger partial charge in [0.25, 0.3) is 5.91 Å². The number of rotatable bonds is 6. The fraction of sp³-hybridized carbons (Fsp3) is 0.409. The topological polar surface area (TPSA) is 69.7 Å². The van der Waals surface area contributed by atoms with Gasteiger partial charge in [-0.2, -0.15) is 0 Å². The molecule has 2 aromatic carbocycles. The van der Waals surface area contributed by atoms with Crippen molar-refractivity contribution >= 4 is 31.9 Å². The number of hydrogen-bond acceptors (Lipinski definition) is 4. The highest BCUT2D eigenvalue weighted by Gasteiger charge is 2.29. The molecule has 1 heterocycles. The third kappa shape index (κ3) is 4.94. The highest BCUT2D eigenvalue weighted by atomic mass is 79.9. The Morgan fingerprint density at radius 2 is 1.80 bits per heavy atom. The van der Waals surface area contributed by atoms with Gasteiger partial charge in [0, 0.05) is 43.2 Å². The number of carbonyl (C=O) groups is 1. The zero-order chi connectivity index (χ0) is 21.3. The van der Waals surface area contributed by atoms with Crippen LogP contribution in [0.1, 0.15) is 34.3 Å². The van der Waals surface area contributed by atoms with E-state index in [1.807, 2.05) is 6.07 Å². The minimum absolute atomic E-state index is 0.0270. The molecule has 1 aliphatic carbocycles. The maximum atomic E-state index is 13.1. The SMILES string of the molecule is Cc1ccccc1CN1CCN(C(=O)c2cc(S(=O)(=O)NC3CC3)ccc2Br)CC1. The molecule has 0 aromatic heterocycles. The molecule has 2 aromatic rings. The molecule has 0 atom stereocenters. The molecule has 1 saturated heterocycles. The van der Waals surface area contributed by atoms with Crippen molar-refractivity contribution in [2.75, 3.05) is 26.2 Å². The molecule has 6 nitrogen and oxygen atoms in total. The van der Waals surface area contributed by atoms with E-state index >= 15 is 0 Å². The minimum atomic E-state index is -3.60. The van der Waals surface area contributed by atoms with Crippen LogP contribution in [-0.4, -0.2) is 56.3 Å². The van der Waals surface area contributed by atoms with Crippen molar-refractivity contribution in [3.8, 4) is 0 Å². The lowest BCUT2D eigenvalue weighted by Gasteiger charge is -2.35. The van der Waals surface area contributed by atoms with Crippen LogP contribution < -0.4 is 4.72 Å². The summed E-state index contributed by atoms with van der Waals surface area (Å²) in [6, 6.07) is 13.0. The Bertz CT molecular complexity index is 1050. The second-order valence-electron chi connectivity index (χ2n) is 8.03. The first-order valence-corrected chi connectivity index (χ1v) is 12.5. The molecule has 0 spiro atoms. The number of piperazine rings is 1. The van der Waals surface area contributed by atoms with E-state index < -0.39 is 10.0 Å². The quantitative estimate of drug-likeness (QED) is 0.673. The van der Waals surface area contributed by atoms with Crippen molar-refractivity contribution in [2.24, 2.45) is 0 Å². The number of carbonyl (C=O) groups excluding carboxylic acids is 1. The molecule has 160 valence electrons. The molecule has 2 fully saturated rings. The van der Waals surface area contributed by atoms with Crippen molar-refractivity contribution < 1.29 is 13.2 Å². The van der Waals surface area contributed by atoms with Crippen LogP contribution in [0.25, 0.3) is 0 Å². The van der Waals surface area contributed by atoms with Crippen molar-refractivity contribution in [3.05, 3.63) is 63.6 Å². The number of aryl methyl sites for hydroxylation is 1. The molecular formula is C22H26BrN3O3S. The highest BCUT2D eigenvalue weighted by Crippen LogP contribution is 2.26. The summed E-state index contributed by atoms with van der Waals surface area (Å²) in [5, 5.41) is 0. The first-order valence-electron chi connectivity index (χ1n) is 10.2.